The first-order valence-electron chi connectivity index (χ1n) is 10.1. The molecule has 34 heavy (non-hydrogen) atoms. The van der Waals surface area contributed by atoms with E-state index in [0.717, 1.165) is 10.6 Å². The molecule has 3 aromatic rings. The Morgan fingerprint density at radius 1 is 0.971 bits per heavy atom. The van der Waals surface area contributed by atoms with Crippen molar-refractivity contribution in [2.45, 2.75) is 11.8 Å². The van der Waals surface area contributed by atoms with Crippen molar-refractivity contribution in [3.63, 3.8) is 0 Å². The summed E-state index contributed by atoms with van der Waals surface area (Å²) >= 11 is 0. The highest BCUT2D eigenvalue weighted by atomic mass is 32.2. The number of hydrogen-bond donors (Lipinski definition) is 2. The van der Waals surface area contributed by atoms with Crippen molar-refractivity contribution in [1.29, 1.82) is 0 Å². The smallest absolute Gasteiger partial charge is 0.261 e. The van der Waals surface area contributed by atoms with E-state index in [0.29, 0.717) is 23.7 Å². The van der Waals surface area contributed by atoms with Crippen molar-refractivity contribution in [3.8, 4) is 5.75 Å². The van der Waals surface area contributed by atoms with E-state index in [1.807, 2.05) is 0 Å². The second-order valence-electron chi connectivity index (χ2n) is 7.09. The fraction of sp³-hybridized carbons (Fsp3) is 0.182. The maximum atomic E-state index is 12.6. The number of aromatic nitrogens is 1. The number of ether oxygens (including phenoxy) is 1. The van der Waals surface area contributed by atoms with E-state index in [-0.39, 0.29) is 10.6 Å². The zero-order chi connectivity index (χ0) is 24.8. The molecule has 1 amide bonds. The SMILES string of the molecule is CCOc1ccccc1N(CC(=O)Nc1ccc(S(=O)(=O)Nc2cccnc2)cc1)S(C)(=O)=O. The van der Waals surface area contributed by atoms with Gasteiger partial charge in [-0.05, 0) is 55.5 Å². The van der Waals surface area contributed by atoms with Gasteiger partial charge in [0, 0.05) is 11.9 Å². The second kappa shape index (κ2) is 10.5. The fourth-order valence-electron chi connectivity index (χ4n) is 3.01. The molecule has 0 aliphatic heterocycles. The molecule has 0 bridgehead atoms. The van der Waals surface area contributed by atoms with Gasteiger partial charge in [-0.2, -0.15) is 0 Å². The predicted molar refractivity (Wildman–Crippen MR) is 130 cm³/mol. The van der Waals surface area contributed by atoms with E-state index in [2.05, 4.69) is 15.0 Å². The zero-order valence-electron chi connectivity index (χ0n) is 18.5. The van der Waals surface area contributed by atoms with Gasteiger partial charge in [-0.3, -0.25) is 18.8 Å². The monoisotopic (exact) mass is 504 g/mol. The van der Waals surface area contributed by atoms with E-state index in [1.165, 1.54) is 36.7 Å². The molecule has 2 N–H and O–H groups in total. The zero-order valence-corrected chi connectivity index (χ0v) is 20.1. The molecule has 10 nitrogen and oxygen atoms in total. The Bertz CT molecular complexity index is 1350. The molecule has 0 aliphatic rings. The van der Waals surface area contributed by atoms with Crippen LogP contribution >= 0.6 is 0 Å². The Kier molecular flexibility index (Phi) is 7.74. The first-order valence-corrected chi connectivity index (χ1v) is 13.5. The molecular formula is C22H24N4O6S2. The predicted octanol–water partition coefficient (Wildman–Crippen LogP) is 2.69. The summed E-state index contributed by atoms with van der Waals surface area (Å²) in [5.41, 5.74) is 0.856. The molecule has 180 valence electrons. The minimum atomic E-state index is -3.85. The summed E-state index contributed by atoms with van der Waals surface area (Å²) < 4.78 is 58.7. The molecule has 0 saturated carbocycles. The second-order valence-corrected chi connectivity index (χ2v) is 10.7. The number of nitrogens with one attached hydrogen (secondary N) is 2. The number of para-hydroxylation sites is 2. The number of amides is 1. The molecule has 1 heterocycles. The van der Waals surface area contributed by atoms with E-state index in [4.69, 9.17) is 4.74 Å². The van der Waals surface area contributed by atoms with Crippen LogP contribution in [-0.2, 0) is 24.8 Å². The summed E-state index contributed by atoms with van der Waals surface area (Å²) in [6.45, 7) is 1.60. The lowest BCUT2D eigenvalue weighted by atomic mass is 10.3. The maximum absolute atomic E-state index is 12.6. The fourth-order valence-corrected chi connectivity index (χ4v) is 4.91. The Hall–Kier alpha value is -3.64. The van der Waals surface area contributed by atoms with Crippen molar-refractivity contribution in [3.05, 3.63) is 73.1 Å². The molecule has 0 spiro atoms. The maximum Gasteiger partial charge on any atom is 0.261 e. The molecule has 2 aromatic carbocycles. The average molecular weight is 505 g/mol. The number of nitrogens with zero attached hydrogens (tertiary/aromatic N) is 2. The van der Waals surface area contributed by atoms with Crippen LogP contribution in [-0.4, -0.2) is 47.1 Å². The normalized spacial score (nSPS) is 11.5. The van der Waals surface area contributed by atoms with Gasteiger partial charge >= 0.3 is 0 Å². The van der Waals surface area contributed by atoms with Gasteiger partial charge in [-0.25, -0.2) is 16.8 Å². The molecule has 0 atom stereocenters. The van der Waals surface area contributed by atoms with Gasteiger partial charge in [0.25, 0.3) is 10.0 Å². The highest BCUT2D eigenvalue weighted by molar-refractivity contribution is 7.92. The third kappa shape index (κ3) is 6.45. The first kappa shape index (κ1) is 25.0. The average Bonchev–Trinajstić information content (AvgIpc) is 2.78. The number of sulfonamides is 2. The van der Waals surface area contributed by atoms with Crippen LogP contribution in [0.5, 0.6) is 5.75 Å². The molecule has 0 aliphatic carbocycles. The molecule has 0 unspecified atom stereocenters. The van der Waals surface area contributed by atoms with Crippen molar-refractivity contribution >= 4 is 43.0 Å². The van der Waals surface area contributed by atoms with Crippen molar-refractivity contribution in [1.82, 2.24) is 4.98 Å². The van der Waals surface area contributed by atoms with Crippen LogP contribution in [0.3, 0.4) is 0 Å². The quantitative estimate of drug-likeness (QED) is 0.433. The van der Waals surface area contributed by atoms with E-state index < -0.39 is 32.5 Å². The Balaban J connectivity index is 1.73. The minimum Gasteiger partial charge on any atom is -0.492 e. The lowest BCUT2D eigenvalue weighted by Gasteiger charge is -2.24. The largest absolute Gasteiger partial charge is 0.492 e. The van der Waals surface area contributed by atoms with Gasteiger partial charge in [0.1, 0.15) is 12.3 Å². The number of carbonyl (C=O) groups is 1. The number of hydrogen-bond acceptors (Lipinski definition) is 7. The topological polar surface area (TPSA) is 135 Å². The number of pyridine rings is 1. The van der Waals surface area contributed by atoms with Crippen molar-refractivity contribution < 1.29 is 26.4 Å². The summed E-state index contributed by atoms with van der Waals surface area (Å²) in [7, 11) is -7.65. The molecule has 12 heteroatoms. The first-order chi connectivity index (χ1) is 16.1. The number of benzene rings is 2. The molecule has 0 radical (unpaired) electrons. The lowest BCUT2D eigenvalue weighted by Crippen LogP contribution is -2.37. The highest BCUT2D eigenvalue weighted by Gasteiger charge is 2.24. The van der Waals surface area contributed by atoms with Gasteiger partial charge in [-0.1, -0.05) is 12.1 Å². The summed E-state index contributed by atoms with van der Waals surface area (Å²) in [5, 5.41) is 2.58. The molecule has 0 fully saturated rings. The van der Waals surface area contributed by atoms with Crippen LogP contribution in [0.25, 0.3) is 0 Å². The molecule has 0 saturated heterocycles. The number of rotatable bonds is 10. The Morgan fingerprint density at radius 3 is 2.29 bits per heavy atom. The van der Waals surface area contributed by atoms with Gasteiger partial charge < -0.3 is 10.1 Å². The van der Waals surface area contributed by atoms with E-state index in [9.17, 15) is 21.6 Å². The van der Waals surface area contributed by atoms with Gasteiger partial charge in [0.05, 0.1) is 35.3 Å². The van der Waals surface area contributed by atoms with Gasteiger partial charge in [-0.15, -0.1) is 0 Å². The highest BCUT2D eigenvalue weighted by Crippen LogP contribution is 2.29. The number of carbonyl (C=O) groups excluding carboxylic acids is 1. The van der Waals surface area contributed by atoms with Crippen LogP contribution in [0, 0.1) is 0 Å². The Labute approximate surface area is 198 Å². The standard InChI is InChI=1S/C22H24N4O6S2/c1-3-32-21-9-5-4-8-20(21)26(33(2,28)29)16-22(27)24-17-10-12-19(13-11-17)34(30,31)25-18-7-6-14-23-15-18/h4-15,25H,3,16H2,1-2H3,(H,24,27). The molecule has 3 rings (SSSR count). The number of anilines is 3. The third-order valence-corrected chi connectivity index (χ3v) is 7.01. The molecular weight excluding hydrogens is 480 g/mol. The van der Waals surface area contributed by atoms with Crippen molar-refractivity contribution in [2.75, 3.05) is 33.8 Å². The van der Waals surface area contributed by atoms with Crippen molar-refractivity contribution in [2.24, 2.45) is 0 Å². The summed E-state index contributed by atoms with van der Waals surface area (Å²) in [4.78, 5) is 16.5. The van der Waals surface area contributed by atoms with E-state index in [1.54, 1.807) is 43.3 Å². The summed E-state index contributed by atoms with van der Waals surface area (Å²) in [5.74, 6) is -0.278. The van der Waals surface area contributed by atoms with Crippen LogP contribution < -0.4 is 19.1 Å². The minimum absolute atomic E-state index is 0.0160. The molecule has 1 aromatic heterocycles. The summed E-state index contributed by atoms with van der Waals surface area (Å²) in [6.07, 6.45) is 3.90. The van der Waals surface area contributed by atoms with Crippen LogP contribution in [0.4, 0.5) is 17.1 Å². The summed E-state index contributed by atoms with van der Waals surface area (Å²) in [6, 6.07) is 15.2. The van der Waals surface area contributed by atoms with Gasteiger partial charge in [0.2, 0.25) is 15.9 Å². The Morgan fingerprint density at radius 2 is 1.68 bits per heavy atom. The van der Waals surface area contributed by atoms with Crippen LogP contribution in [0.2, 0.25) is 0 Å². The van der Waals surface area contributed by atoms with Crippen LogP contribution in [0.15, 0.2) is 78.0 Å². The lowest BCUT2D eigenvalue weighted by molar-refractivity contribution is -0.114. The van der Waals surface area contributed by atoms with Crippen LogP contribution in [0.1, 0.15) is 6.92 Å². The third-order valence-electron chi connectivity index (χ3n) is 4.48. The van der Waals surface area contributed by atoms with E-state index >= 15 is 0 Å². The van der Waals surface area contributed by atoms with Gasteiger partial charge in [0.15, 0.2) is 0 Å².